The highest BCUT2D eigenvalue weighted by Crippen LogP contribution is 2.13. The second kappa shape index (κ2) is 6.13. The third kappa shape index (κ3) is 6.75. The molecule has 1 rings (SSSR count). The number of carbonyl (C=O) groups excluding carboxylic acids is 2. The molecular weight excluding hydrogens is 296 g/mol. The first kappa shape index (κ1) is 17.0. The molecule has 0 radical (unpaired) electrons. The minimum Gasteiger partial charge on any atom is -0.444 e. The molecule has 0 spiro atoms. The van der Waals surface area contributed by atoms with Crippen molar-refractivity contribution >= 4 is 27.7 Å². The zero-order valence-electron chi connectivity index (χ0n) is 12.3. The number of rotatable bonds is 3. The number of nitrogens with one attached hydrogen (secondary N) is 2. The van der Waals surface area contributed by atoms with Gasteiger partial charge in [-0.05, 0) is 39.0 Å². The van der Waals surface area contributed by atoms with Gasteiger partial charge in [-0.3, -0.25) is 10.1 Å². The first-order chi connectivity index (χ1) is 9.46. The van der Waals surface area contributed by atoms with Gasteiger partial charge in [-0.15, -0.1) is 0 Å². The summed E-state index contributed by atoms with van der Waals surface area (Å²) in [6.45, 7) is 5.17. The second-order valence-corrected chi connectivity index (χ2v) is 7.16. The number of ether oxygens (including phenoxy) is 1. The van der Waals surface area contributed by atoms with E-state index < -0.39 is 27.6 Å². The Labute approximate surface area is 123 Å². The number of benzene rings is 1. The van der Waals surface area contributed by atoms with E-state index in [1.165, 1.54) is 18.2 Å². The monoisotopic (exact) mass is 314 g/mol. The van der Waals surface area contributed by atoms with Crippen molar-refractivity contribution in [1.29, 1.82) is 0 Å². The minimum absolute atomic E-state index is 0.106. The van der Waals surface area contributed by atoms with Crippen LogP contribution in [0.25, 0.3) is 0 Å². The van der Waals surface area contributed by atoms with Crippen molar-refractivity contribution in [2.45, 2.75) is 26.4 Å². The van der Waals surface area contributed by atoms with Crippen LogP contribution in [0.2, 0.25) is 0 Å². The molecule has 0 saturated carbocycles. The lowest BCUT2D eigenvalue weighted by molar-refractivity contribution is 0.0635. The van der Waals surface area contributed by atoms with Crippen molar-refractivity contribution in [3.05, 3.63) is 29.8 Å². The number of sulfonamides is 1. The Balaban J connectivity index is 2.82. The van der Waals surface area contributed by atoms with E-state index in [1.807, 2.05) is 4.72 Å². The van der Waals surface area contributed by atoms with Crippen molar-refractivity contribution in [2.24, 2.45) is 0 Å². The topological polar surface area (TPSA) is 102 Å². The van der Waals surface area contributed by atoms with Gasteiger partial charge in [0, 0.05) is 11.3 Å². The normalized spacial score (nSPS) is 11.6. The molecule has 1 aromatic rings. The van der Waals surface area contributed by atoms with Crippen LogP contribution < -0.4 is 10.0 Å². The van der Waals surface area contributed by atoms with Crippen LogP contribution in [0.15, 0.2) is 24.3 Å². The molecule has 0 aliphatic heterocycles. The van der Waals surface area contributed by atoms with Gasteiger partial charge in [0.15, 0.2) is 0 Å². The standard InChI is InChI=1S/C13H18N2O5S/c1-13(2,3)20-12(17)14-10-7-5-6-9(8-10)11(16)15-21(4,18)19/h5-8H,1-4H3,(H,14,17)(H,15,16). The Bertz CT molecular complexity index is 647. The first-order valence-electron chi connectivity index (χ1n) is 6.08. The molecule has 1 aromatic carbocycles. The van der Waals surface area contributed by atoms with Gasteiger partial charge in [-0.1, -0.05) is 6.07 Å². The second-order valence-electron chi connectivity index (χ2n) is 5.41. The molecule has 0 unspecified atom stereocenters. The fourth-order valence-electron chi connectivity index (χ4n) is 1.39. The van der Waals surface area contributed by atoms with Crippen molar-refractivity contribution in [3.8, 4) is 0 Å². The highest BCUT2D eigenvalue weighted by atomic mass is 32.2. The van der Waals surface area contributed by atoms with Crippen LogP contribution in [-0.2, 0) is 14.8 Å². The van der Waals surface area contributed by atoms with Crippen molar-refractivity contribution in [3.63, 3.8) is 0 Å². The molecule has 7 nitrogen and oxygen atoms in total. The molecule has 21 heavy (non-hydrogen) atoms. The van der Waals surface area contributed by atoms with E-state index in [-0.39, 0.29) is 5.56 Å². The molecule has 2 N–H and O–H groups in total. The Morgan fingerprint density at radius 2 is 1.81 bits per heavy atom. The molecule has 0 aromatic heterocycles. The lowest BCUT2D eigenvalue weighted by Crippen LogP contribution is -2.29. The predicted molar refractivity (Wildman–Crippen MR) is 78.6 cm³/mol. The maximum atomic E-state index is 11.7. The van der Waals surface area contributed by atoms with E-state index in [1.54, 1.807) is 26.8 Å². The molecule has 0 bridgehead atoms. The summed E-state index contributed by atoms with van der Waals surface area (Å²) in [5.74, 6) is -0.773. The van der Waals surface area contributed by atoms with E-state index in [0.717, 1.165) is 6.26 Å². The van der Waals surface area contributed by atoms with Gasteiger partial charge in [-0.2, -0.15) is 0 Å². The van der Waals surface area contributed by atoms with Crippen molar-refractivity contribution in [2.75, 3.05) is 11.6 Å². The van der Waals surface area contributed by atoms with Gasteiger partial charge < -0.3 is 4.74 Å². The Hall–Kier alpha value is -2.09. The smallest absolute Gasteiger partial charge is 0.412 e. The molecule has 8 heteroatoms. The van der Waals surface area contributed by atoms with Crippen LogP contribution in [0.3, 0.4) is 0 Å². The van der Waals surface area contributed by atoms with E-state index in [4.69, 9.17) is 4.74 Å². The summed E-state index contributed by atoms with van der Waals surface area (Å²) >= 11 is 0. The SMILES string of the molecule is CC(C)(C)OC(=O)Nc1cccc(C(=O)NS(C)(=O)=O)c1. The third-order valence-corrected chi connectivity index (χ3v) is 2.60. The first-order valence-corrected chi connectivity index (χ1v) is 7.97. The van der Waals surface area contributed by atoms with Crippen LogP contribution in [0, 0.1) is 0 Å². The molecule has 0 atom stereocenters. The summed E-state index contributed by atoms with van der Waals surface area (Å²) in [6.07, 6.45) is 0.219. The Kier molecular flexibility index (Phi) is 4.95. The van der Waals surface area contributed by atoms with Crippen LogP contribution in [-0.4, -0.2) is 32.3 Å². The van der Waals surface area contributed by atoms with Gasteiger partial charge >= 0.3 is 6.09 Å². The maximum Gasteiger partial charge on any atom is 0.412 e. The van der Waals surface area contributed by atoms with Gasteiger partial charge in [0.2, 0.25) is 10.0 Å². The number of amides is 2. The lowest BCUT2D eigenvalue weighted by Gasteiger charge is -2.19. The summed E-state index contributed by atoms with van der Waals surface area (Å²) in [4.78, 5) is 23.3. The Morgan fingerprint density at radius 3 is 2.33 bits per heavy atom. The predicted octanol–water partition coefficient (Wildman–Crippen LogP) is 1.72. The summed E-state index contributed by atoms with van der Waals surface area (Å²) in [5.41, 5.74) is -0.214. The lowest BCUT2D eigenvalue weighted by atomic mass is 10.2. The number of carbonyl (C=O) groups is 2. The summed E-state index contributed by atoms with van der Waals surface area (Å²) in [5, 5.41) is 2.47. The number of hydrogen-bond donors (Lipinski definition) is 2. The zero-order valence-corrected chi connectivity index (χ0v) is 13.1. The molecule has 116 valence electrons. The zero-order chi connectivity index (χ0) is 16.3. The molecule has 0 aliphatic carbocycles. The van der Waals surface area contributed by atoms with Crippen LogP contribution >= 0.6 is 0 Å². The van der Waals surface area contributed by atoms with Crippen LogP contribution in [0.4, 0.5) is 10.5 Å². The summed E-state index contributed by atoms with van der Waals surface area (Å²) in [7, 11) is -3.64. The van der Waals surface area contributed by atoms with E-state index >= 15 is 0 Å². The van der Waals surface area contributed by atoms with Crippen LogP contribution in [0.1, 0.15) is 31.1 Å². The molecular formula is C13H18N2O5S. The van der Waals surface area contributed by atoms with Gasteiger partial charge in [0.05, 0.1) is 6.26 Å². The number of anilines is 1. The average Bonchev–Trinajstić information content (AvgIpc) is 2.24. The highest BCUT2D eigenvalue weighted by molar-refractivity contribution is 7.89. The summed E-state index contributed by atoms with van der Waals surface area (Å²) < 4.78 is 28.9. The summed E-state index contributed by atoms with van der Waals surface area (Å²) in [6, 6.07) is 5.86. The van der Waals surface area contributed by atoms with E-state index in [2.05, 4.69) is 5.32 Å². The number of hydrogen-bond acceptors (Lipinski definition) is 5. The fourth-order valence-corrected chi connectivity index (χ4v) is 1.84. The van der Waals surface area contributed by atoms with Crippen molar-refractivity contribution in [1.82, 2.24) is 4.72 Å². The van der Waals surface area contributed by atoms with E-state index in [9.17, 15) is 18.0 Å². The molecule has 0 heterocycles. The van der Waals surface area contributed by atoms with E-state index in [0.29, 0.717) is 5.69 Å². The minimum atomic E-state index is -3.64. The molecule has 0 aliphatic rings. The van der Waals surface area contributed by atoms with Crippen molar-refractivity contribution < 1.29 is 22.7 Å². The Morgan fingerprint density at radius 1 is 1.19 bits per heavy atom. The van der Waals surface area contributed by atoms with Crippen LogP contribution in [0.5, 0.6) is 0 Å². The molecule has 0 fully saturated rings. The van der Waals surface area contributed by atoms with Gasteiger partial charge in [0.1, 0.15) is 5.60 Å². The molecule has 0 saturated heterocycles. The van der Waals surface area contributed by atoms with Gasteiger partial charge in [0.25, 0.3) is 5.91 Å². The third-order valence-electron chi connectivity index (χ3n) is 2.05. The highest BCUT2D eigenvalue weighted by Gasteiger charge is 2.17. The largest absolute Gasteiger partial charge is 0.444 e. The average molecular weight is 314 g/mol. The van der Waals surface area contributed by atoms with Gasteiger partial charge in [-0.25, -0.2) is 17.9 Å². The fraction of sp³-hybridized carbons (Fsp3) is 0.385. The quantitative estimate of drug-likeness (QED) is 0.884. The maximum absolute atomic E-state index is 11.7. The molecule has 2 amide bonds.